The first kappa shape index (κ1) is 12.9. The zero-order valence-corrected chi connectivity index (χ0v) is 12.3. The topological polar surface area (TPSA) is 66.0 Å². The summed E-state index contributed by atoms with van der Waals surface area (Å²) in [7, 11) is 0. The van der Waals surface area contributed by atoms with E-state index in [-0.39, 0.29) is 0 Å². The molecule has 0 aromatic carbocycles. The Morgan fingerprint density at radius 2 is 2.32 bits per heavy atom. The second-order valence-corrected chi connectivity index (χ2v) is 5.91. The van der Waals surface area contributed by atoms with Gasteiger partial charge in [-0.1, -0.05) is 0 Å². The van der Waals surface area contributed by atoms with Gasteiger partial charge in [-0.2, -0.15) is 0 Å². The van der Waals surface area contributed by atoms with Crippen molar-refractivity contribution in [2.45, 2.75) is 25.8 Å². The van der Waals surface area contributed by atoms with Gasteiger partial charge in [0, 0.05) is 30.4 Å². The van der Waals surface area contributed by atoms with E-state index in [4.69, 9.17) is 10.5 Å². The predicted molar refractivity (Wildman–Crippen MR) is 77.8 cm³/mol. The number of hydrogen-bond donors (Lipinski definition) is 1. The van der Waals surface area contributed by atoms with Gasteiger partial charge in [0.1, 0.15) is 5.52 Å². The number of nitrogen functional groups attached to an aromatic ring is 1. The lowest BCUT2D eigenvalue weighted by Gasteiger charge is -2.06. The van der Waals surface area contributed by atoms with Gasteiger partial charge in [-0.3, -0.25) is 4.57 Å². The van der Waals surface area contributed by atoms with E-state index in [1.807, 2.05) is 10.6 Å². The third kappa shape index (κ3) is 3.06. The van der Waals surface area contributed by atoms with Crippen molar-refractivity contribution in [2.24, 2.45) is 5.92 Å². The number of aromatic nitrogens is 3. The quantitative estimate of drug-likeness (QED) is 0.829. The molecule has 102 valence electrons. The van der Waals surface area contributed by atoms with Crippen molar-refractivity contribution >= 4 is 33.0 Å². The van der Waals surface area contributed by atoms with Crippen molar-refractivity contribution in [1.29, 1.82) is 0 Å². The summed E-state index contributed by atoms with van der Waals surface area (Å²) in [5, 5.41) is 0. The molecule has 0 atom stereocenters. The van der Waals surface area contributed by atoms with Crippen molar-refractivity contribution in [3.05, 3.63) is 16.7 Å². The molecule has 5 nitrogen and oxygen atoms in total. The van der Waals surface area contributed by atoms with Gasteiger partial charge in [-0.05, 0) is 47.2 Å². The zero-order chi connectivity index (χ0) is 13.2. The van der Waals surface area contributed by atoms with E-state index in [9.17, 15) is 0 Å². The molecule has 0 unspecified atom stereocenters. The fourth-order valence-electron chi connectivity index (χ4n) is 2.08. The number of hydrogen-bond acceptors (Lipinski definition) is 4. The van der Waals surface area contributed by atoms with Crippen LogP contribution in [0.1, 0.15) is 19.3 Å². The molecule has 6 heteroatoms. The normalized spacial score (nSPS) is 15.2. The highest BCUT2D eigenvalue weighted by Crippen LogP contribution is 2.28. The monoisotopic (exact) mass is 324 g/mol. The molecule has 2 heterocycles. The smallest absolute Gasteiger partial charge is 0.202 e. The Hall–Kier alpha value is -1.14. The molecule has 19 heavy (non-hydrogen) atoms. The predicted octanol–water partition coefficient (Wildman–Crippen LogP) is 2.59. The molecule has 0 saturated heterocycles. The number of halogens is 1. The van der Waals surface area contributed by atoms with Gasteiger partial charge in [0.25, 0.3) is 0 Å². The zero-order valence-electron chi connectivity index (χ0n) is 10.7. The molecule has 0 aliphatic heterocycles. The molecule has 1 aliphatic rings. The van der Waals surface area contributed by atoms with E-state index < -0.39 is 0 Å². The van der Waals surface area contributed by atoms with E-state index in [0.717, 1.165) is 47.7 Å². The van der Waals surface area contributed by atoms with Crippen LogP contribution < -0.4 is 5.73 Å². The molecule has 0 spiro atoms. The average molecular weight is 325 g/mol. The van der Waals surface area contributed by atoms with Crippen LogP contribution in [0.15, 0.2) is 16.7 Å². The molecule has 2 aromatic heterocycles. The van der Waals surface area contributed by atoms with Gasteiger partial charge in [-0.15, -0.1) is 0 Å². The summed E-state index contributed by atoms with van der Waals surface area (Å²) < 4.78 is 8.49. The lowest BCUT2D eigenvalue weighted by molar-refractivity contribution is 0.119. The van der Waals surface area contributed by atoms with E-state index in [2.05, 4.69) is 25.9 Å². The fraction of sp³-hybridized carbons (Fsp3) is 0.538. The molecular weight excluding hydrogens is 308 g/mol. The van der Waals surface area contributed by atoms with Crippen molar-refractivity contribution in [1.82, 2.24) is 14.5 Å². The van der Waals surface area contributed by atoms with Crippen LogP contribution in [0.2, 0.25) is 0 Å². The van der Waals surface area contributed by atoms with Crippen molar-refractivity contribution in [3.63, 3.8) is 0 Å². The molecular formula is C13H17BrN4O. The standard InChI is InChI=1S/C13H17BrN4O/c14-10-6-11-12(16-7-10)18(13(15)17-11)4-1-5-19-8-9-2-3-9/h6-7,9H,1-5,8H2,(H2,15,17). The fourth-order valence-corrected chi connectivity index (χ4v) is 2.40. The number of imidazole rings is 1. The molecule has 1 aliphatic carbocycles. The van der Waals surface area contributed by atoms with Crippen LogP contribution in [0.3, 0.4) is 0 Å². The summed E-state index contributed by atoms with van der Waals surface area (Å²) >= 11 is 3.39. The van der Waals surface area contributed by atoms with Crippen LogP contribution in [0.25, 0.3) is 11.2 Å². The minimum absolute atomic E-state index is 0.516. The number of nitrogens with two attached hydrogens (primary N) is 1. The van der Waals surface area contributed by atoms with Gasteiger partial charge in [0.05, 0.1) is 0 Å². The molecule has 2 aromatic rings. The molecule has 1 fully saturated rings. The first-order valence-electron chi connectivity index (χ1n) is 6.59. The number of pyridine rings is 1. The second-order valence-electron chi connectivity index (χ2n) is 4.99. The maximum absolute atomic E-state index is 5.93. The highest BCUT2D eigenvalue weighted by atomic mass is 79.9. The number of aryl methyl sites for hydroxylation is 1. The third-order valence-corrected chi connectivity index (χ3v) is 3.74. The SMILES string of the molecule is Nc1nc2cc(Br)cnc2n1CCCOCC1CC1. The van der Waals surface area contributed by atoms with Crippen molar-refractivity contribution < 1.29 is 4.74 Å². The number of rotatable bonds is 6. The minimum atomic E-state index is 0.516. The highest BCUT2D eigenvalue weighted by Gasteiger charge is 2.20. The molecule has 2 N–H and O–H groups in total. The molecule has 3 rings (SSSR count). The first-order valence-corrected chi connectivity index (χ1v) is 7.38. The van der Waals surface area contributed by atoms with Gasteiger partial charge >= 0.3 is 0 Å². The number of anilines is 1. The summed E-state index contributed by atoms with van der Waals surface area (Å²) in [5.41, 5.74) is 7.59. The Labute approximate surface area is 120 Å². The van der Waals surface area contributed by atoms with Gasteiger partial charge in [-0.25, -0.2) is 9.97 Å². The minimum Gasteiger partial charge on any atom is -0.381 e. The van der Waals surface area contributed by atoms with Gasteiger partial charge in [0.2, 0.25) is 5.95 Å². The molecule has 0 amide bonds. The Morgan fingerprint density at radius 3 is 3.11 bits per heavy atom. The van der Waals surface area contributed by atoms with Gasteiger partial charge < -0.3 is 10.5 Å². The molecule has 1 saturated carbocycles. The lowest BCUT2D eigenvalue weighted by Crippen LogP contribution is -2.07. The van der Waals surface area contributed by atoms with E-state index >= 15 is 0 Å². The van der Waals surface area contributed by atoms with Crippen LogP contribution in [0.5, 0.6) is 0 Å². The number of fused-ring (bicyclic) bond motifs is 1. The lowest BCUT2D eigenvalue weighted by atomic mass is 10.4. The number of ether oxygens (including phenoxy) is 1. The Morgan fingerprint density at radius 1 is 1.47 bits per heavy atom. The van der Waals surface area contributed by atoms with Crippen molar-refractivity contribution in [2.75, 3.05) is 18.9 Å². The summed E-state index contributed by atoms with van der Waals surface area (Å²) in [6.07, 6.45) is 5.36. The van der Waals surface area contributed by atoms with Crippen molar-refractivity contribution in [3.8, 4) is 0 Å². The summed E-state index contributed by atoms with van der Waals surface area (Å²) in [6.45, 7) is 2.47. The van der Waals surface area contributed by atoms with E-state index in [0.29, 0.717) is 5.95 Å². The van der Waals surface area contributed by atoms with Crippen LogP contribution in [-0.2, 0) is 11.3 Å². The highest BCUT2D eigenvalue weighted by molar-refractivity contribution is 9.10. The van der Waals surface area contributed by atoms with E-state index in [1.165, 1.54) is 12.8 Å². The van der Waals surface area contributed by atoms with Gasteiger partial charge in [0.15, 0.2) is 5.65 Å². The van der Waals surface area contributed by atoms with E-state index in [1.54, 1.807) is 6.20 Å². The van der Waals surface area contributed by atoms with Crippen LogP contribution in [0.4, 0.5) is 5.95 Å². The summed E-state index contributed by atoms with van der Waals surface area (Å²) in [4.78, 5) is 8.69. The summed E-state index contributed by atoms with van der Waals surface area (Å²) in [5.74, 6) is 1.33. The Kier molecular flexibility index (Phi) is 3.70. The number of nitrogens with zero attached hydrogens (tertiary/aromatic N) is 3. The molecule has 0 radical (unpaired) electrons. The first-order chi connectivity index (χ1) is 9.24. The van der Waals surface area contributed by atoms with Crippen LogP contribution >= 0.6 is 15.9 Å². The Bertz CT molecular complexity index is 579. The summed E-state index contributed by atoms with van der Waals surface area (Å²) in [6, 6.07) is 1.93. The third-order valence-electron chi connectivity index (χ3n) is 3.30. The largest absolute Gasteiger partial charge is 0.381 e. The molecule has 0 bridgehead atoms. The van der Waals surface area contributed by atoms with Crippen LogP contribution in [0, 0.1) is 5.92 Å². The second kappa shape index (κ2) is 5.46. The Balaban J connectivity index is 1.61. The average Bonchev–Trinajstić information content (AvgIpc) is 3.14. The van der Waals surface area contributed by atoms with Crippen LogP contribution in [-0.4, -0.2) is 27.7 Å². The maximum Gasteiger partial charge on any atom is 0.202 e. The maximum atomic E-state index is 5.93.